The third-order valence-electron chi connectivity index (χ3n) is 5.51. The van der Waals surface area contributed by atoms with Gasteiger partial charge < -0.3 is 4.74 Å². The van der Waals surface area contributed by atoms with E-state index in [1.807, 2.05) is 47.7 Å². The summed E-state index contributed by atoms with van der Waals surface area (Å²) in [5.41, 5.74) is 3.11. The predicted octanol–water partition coefficient (Wildman–Crippen LogP) is 7.79. The Labute approximate surface area is 168 Å². The van der Waals surface area contributed by atoms with E-state index in [1.165, 1.54) is 30.4 Å². The van der Waals surface area contributed by atoms with Crippen molar-refractivity contribution in [2.45, 2.75) is 58.3 Å². The van der Waals surface area contributed by atoms with Crippen LogP contribution in [0.4, 0.5) is 0 Å². The van der Waals surface area contributed by atoms with E-state index < -0.39 is 0 Å². The Morgan fingerprint density at radius 3 is 2.37 bits per heavy atom. The molecule has 1 atom stereocenters. The van der Waals surface area contributed by atoms with Gasteiger partial charge in [0.25, 0.3) is 0 Å². The van der Waals surface area contributed by atoms with Crippen molar-refractivity contribution in [3.8, 4) is 11.5 Å². The van der Waals surface area contributed by atoms with Gasteiger partial charge >= 0.3 is 0 Å². The van der Waals surface area contributed by atoms with Crippen molar-refractivity contribution in [2.24, 2.45) is 0 Å². The van der Waals surface area contributed by atoms with E-state index in [9.17, 15) is 0 Å². The molecule has 0 fully saturated rings. The van der Waals surface area contributed by atoms with Gasteiger partial charge in [-0.15, -0.1) is 11.3 Å². The molecule has 0 aliphatic heterocycles. The molecule has 1 aromatic heterocycles. The Morgan fingerprint density at radius 1 is 0.889 bits per heavy atom. The zero-order valence-corrected chi connectivity index (χ0v) is 17.5. The molecule has 0 amide bonds. The molecule has 0 aliphatic carbocycles. The van der Waals surface area contributed by atoms with E-state index in [4.69, 9.17) is 4.74 Å². The van der Waals surface area contributed by atoms with Gasteiger partial charge in [-0.25, -0.2) is 0 Å². The first kappa shape index (κ1) is 19.7. The zero-order chi connectivity index (χ0) is 19.1. The molecule has 0 saturated heterocycles. The molecule has 0 radical (unpaired) electrons. The highest BCUT2D eigenvalue weighted by atomic mass is 32.1. The van der Waals surface area contributed by atoms with Gasteiger partial charge in [-0.1, -0.05) is 51.1 Å². The van der Waals surface area contributed by atoms with Crippen LogP contribution in [0.5, 0.6) is 11.5 Å². The number of hydrogen-bond acceptors (Lipinski definition) is 2. The number of ether oxygens (including phenoxy) is 1. The minimum Gasteiger partial charge on any atom is -0.457 e. The van der Waals surface area contributed by atoms with Crippen molar-refractivity contribution in [1.82, 2.24) is 0 Å². The summed E-state index contributed by atoms with van der Waals surface area (Å²) >= 11 is 1.94. The Balaban J connectivity index is 1.60. The van der Waals surface area contributed by atoms with Gasteiger partial charge in [0.05, 0.1) is 0 Å². The van der Waals surface area contributed by atoms with Crippen molar-refractivity contribution >= 4 is 11.3 Å². The van der Waals surface area contributed by atoms with E-state index >= 15 is 0 Å². The monoisotopic (exact) mass is 378 g/mol. The number of aryl methyl sites for hydroxylation is 2. The highest BCUT2D eigenvalue weighted by molar-refractivity contribution is 7.10. The summed E-state index contributed by atoms with van der Waals surface area (Å²) in [4.78, 5) is 1.54. The molecule has 0 bridgehead atoms. The molecule has 1 nitrogen and oxygen atoms in total. The van der Waals surface area contributed by atoms with E-state index in [0.717, 1.165) is 24.3 Å². The molecule has 1 unspecified atom stereocenters. The molecule has 2 heteroatoms. The second-order valence-electron chi connectivity index (χ2n) is 7.50. The molecule has 1 heterocycles. The standard InChI is InChI=1S/C25H30OS/c1-4-20-18-24(27-19-20)25(3,5-2)16-10-12-21-11-9-15-23(17-21)26-22-13-7-6-8-14-22/h6-9,11,13-15,17-19H,4-5,10,12,16H2,1-3H3. The summed E-state index contributed by atoms with van der Waals surface area (Å²) < 4.78 is 5.97. The second kappa shape index (κ2) is 9.23. The van der Waals surface area contributed by atoms with Crippen LogP contribution in [-0.2, 0) is 18.3 Å². The molecule has 2 aromatic carbocycles. The minimum atomic E-state index is 0.288. The third kappa shape index (κ3) is 5.23. The average Bonchev–Trinajstić information content (AvgIpc) is 3.19. The van der Waals surface area contributed by atoms with Crippen LogP contribution < -0.4 is 4.74 Å². The molecule has 3 rings (SSSR count). The van der Waals surface area contributed by atoms with Gasteiger partial charge in [0.1, 0.15) is 11.5 Å². The topological polar surface area (TPSA) is 9.23 Å². The van der Waals surface area contributed by atoms with Crippen molar-refractivity contribution in [1.29, 1.82) is 0 Å². The summed E-state index contributed by atoms with van der Waals surface area (Å²) in [6.07, 6.45) is 5.82. The third-order valence-corrected chi connectivity index (χ3v) is 6.79. The summed E-state index contributed by atoms with van der Waals surface area (Å²) in [5, 5.41) is 2.33. The molecule has 27 heavy (non-hydrogen) atoms. The van der Waals surface area contributed by atoms with E-state index in [1.54, 1.807) is 4.88 Å². The fourth-order valence-corrected chi connectivity index (χ4v) is 4.69. The second-order valence-corrected chi connectivity index (χ2v) is 8.41. The van der Waals surface area contributed by atoms with Crippen molar-refractivity contribution in [3.05, 3.63) is 82.0 Å². The predicted molar refractivity (Wildman–Crippen MR) is 117 cm³/mol. The maximum atomic E-state index is 5.97. The lowest BCUT2D eigenvalue weighted by Gasteiger charge is -2.27. The van der Waals surface area contributed by atoms with Crippen molar-refractivity contribution < 1.29 is 4.74 Å². The quantitative estimate of drug-likeness (QED) is 0.369. The van der Waals surface area contributed by atoms with Crippen LogP contribution >= 0.6 is 11.3 Å². The number of thiophene rings is 1. The fraction of sp³-hybridized carbons (Fsp3) is 0.360. The lowest BCUT2D eigenvalue weighted by atomic mass is 9.80. The number of para-hydroxylation sites is 1. The first-order valence-corrected chi connectivity index (χ1v) is 10.9. The van der Waals surface area contributed by atoms with Gasteiger partial charge in [0, 0.05) is 10.3 Å². The molecular weight excluding hydrogens is 348 g/mol. The largest absolute Gasteiger partial charge is 0.457 e. The summed E-state index contributed by atoms with van der Waals surface area (Å²) in [7, 11) is 0. The van der Waals surface area contributed by atoms with Crippen molar-refractivity contribution in [2.75, 3.05) is 0 Å². The van der Waals surface area contributed by atoms with E-state index in [-0.39, 0.29) is 5.41 Å². The first-order valence-electron chi connectivity index (χ1n) is 10.0. The average molecular weight is 379 g/mol. The molecule has 0 aliphatic rings. The lowest BCUT2D eigenvalue weighted by Crippen LogP contribution is -2.19. The number of hydrogen-bond donors (Lipinski definition) is 0. The Hall–Kier alpha value is -2.06. The number of rotatable bonds is 9. The van der Waals surface area contributed by atoms with Gasteiger partial charge in [0.2, 0.25) is 0 Å². The Kier molecular flexibility index (Phi) is 6.73. The molecule has 0 spiro atoms. The summed E-state index contributed by atoms with van der Waals surface area (Å²) in [6, 6.07) is 20.9. The van der Waals surface area contributed by atoms with Gasteiger partial charge in [-0.05, 0) is 78.9 Å². The summed E-state index contributed by atoms with van der Waals surface area (Å²) in [5.74, 6) is 1.81. The molecular formula is C25H30OS. The normalized spacial score (nSPS) is 13.3. The molecule has 0 saturated carbocycles. The maximum Gasteiger partial charge on any atom is 0.127 e. The van der Waals surface area contributed by atoms with Crippen LogP contribution in [0.15, 0.2) is 66.0 Å². The first-order chi connectivity index (χ1) is 13.1. The van der Waals surface area contributed by atoms with Crippen molar-refractivity contribution in [3.63, 3.8) is 0 Å². The molecule has 3 aromatic rings. The van der Waals surface area contributed by atoms with Crippen LogP contribution in [0.2, 0.25) is 0 Å². The van der Waals surface area contributed by atoms with Gasteiger partial charge in [-0.2, -0.15) is 0 Å². The SMILES string of the molecule is CCc1csc(C(C)(CC)CCCc2cccc(Oc3ccccc3)c2)c1. The lowest BCUT2D eigenvalue weighted by molar-refractivity contribution is 0.412. The Morgan fingerprint density at radius 2 is 1.67 bits per heavy atom. The highest BCUT2D eigenvalue weighted by Gasteiger charge is 2.25. The fourth-order valence-electron chi connectivity index (χ4n) is 3.42. The molecule has 0 N–H and O–H groups in total. The highest BCUT2D eigenvalue weighted by Crippen LogP contribution is 2.37. The van der Waals surface area contributed by atoms with Gasteiger partial charge in [-0.3, -0.25) is 0 Å². The maximum absolute atomic E-state index is 5.97. The number of benzene rings is 2. The van der Waals surface area contributed by atoms with Crippen LogP contribution in [0.3, 0.4) is 0 Å². The van der Waals surface area contributed by atoms with Gasteiger partial charge in [0.15, 0.2) is 0 Å². The van der Waals surface area contributed by atoms with Crippen LogP contribution in [0, 0.1) is 0 Å². The zero-order valence-electron chi connectivity index (χ0n) is 16.7. The van der Waals surface area contributed by atoms with Crippen LogP contribution in [-0.4, -0.2) is 0 Å². The smallest absolute Gasteiger partial charge is 0.127 e. The molecule has 142 valence electrons. The van der Waals surface area contributed by atoms with Crippen LogP contribution in [0.25, 0.3) is 0 Å². The van der Waals surface area contributed by atoms with E-state index in [0.29, 0.717) is 0 Å². The minimum absolute atomic E-state index is 0.288. The van der Waals surface area contributed by atoms with Crippen LogP contribution in [0.1, 0.15) is 56.0 Å². The van der Waals surface area contributed by atoms with E-state index in [2.05, 4.69) is 50.4 Å². The summed E-state index contributed by atoms with van der Waals surface area (Å²) in [6.45, 7) is 6.98. The Bertz CT molecular complexity index is 836.